The fraction of sp³-hybridized carbons (Fsp3) is 0.222. The van der Waals surface area contributed by atoms with E-state index in [9.17, 15) is 9.90 Å². The molecule has 0 heterocycles. The lowest BCUT2D eigenvalue weighted by atomic mass is 10.0. The van der Waals surface area contributed by atoms with Crippen LogP contribution in [0.25, 0.3) is 0 Å². The van der Waals surface area contributed by atoms with Gasteiger partial charge in [-0.25, -0.2) is 4.79 Å². The van der Waals surface area contributed by atoms with Crippen molar-refractivity contribution in [1.29, 1.82) is 0 Å². The average Bonchev–Trinajstić information content (AvgIpc) is 2.16. The Kier molecular flexibility index (Phi) is 3.00. The molecule has 1 aromatic rings. The fourth-order valence-corrected chi connectivity index (χ4v) is 1.11. The van der Waals surface area contributed by atoms with Gasteiger partial charge in [0.25, 0.3) is 0 Å². The van der Waals surface area contributed by atoms with Crippen LogP contribution in [0, 0.1) is 0 Å². The number of hydrogen-bond donors (Lipinski definition) is 2. The predicted molar refractivity (Wildman–Crippen MR) is 46.7 cm³/mol. The number of aliphatic hydroxyl groups excluding tert-OH is 1. The predicted octanol–water partition coefficient (Wildman–Crippen LogP) is 0.770. The van der Waals surface area contributed by atoms with Crippen molar-refractivity contribution in [3.63, 3.8) is 0 Å². The van der Waals surface area contributed by atoms with Crippen LogP contribution in [0.5, 0.6) is 0 Å². The fourth-order valence-electron chi connectivity index (χ4n) is 1.11. The van der Waals surface area contributed by atoms with Gasteiger partial charge in [0.15, 0.2) is 0 Å². The van der Waals surface area contributed by atoms with E-state index in [0.29, 0.717) is 11.1 Å². The lowest BCUT2D eigenvalue weighted by molar-refractivity contribution is 0.0497. The minimum atomic E-state index is -0.713. The molecular formula is C9H11NO3. The molecule has 0 aliphatic heterocycles. The van der Waals surface area contributed by atoms with E-state index in [0.717, 1.165) is 0 Å². The Morgan fingerprint density at radius 2 is 2.15 bits per heavy atom. The third kappa shape index (κ3) is 2.05. The second-order valence-corrected chi connectivity index (χ2v) is 2.67. The maximum absolute atomic E-state index is 11.1. The van der Waals surface area contributed by atoms with Gasteiger partial charge in [-0.15, -0.1) is 0 Å². The minimum absolute atomic E-state index is 0.292. The van der Waals surface area contributed by atoms with Crippen molar-refractivity contribution < 1.29 is 14.7 Å². The van der Waals surface area contributed by atoms with E-state index < -0.39 is 12.1 Å². The SMILES string of the molecule is CC(O)c1ccccc1C(=O)ON. The third-order valence-corrected chi connectivity index (χ3v) is 1.74. The number of nitrogens with two attached hydrogens (primary N) is 1. The first-order valence-corrected chi connectivity index (χ1v) is 3.85. The first kappa shape index (κ1) is 9.70. The zero-order chi connectivity index (χ0) is 9.84. The average molecular weight is 181 g/mol. The van der Waals surface area contributed by atoms with Crippen LogP contribution < -0.4 is 5.90 Å². The van der Waals surface area contributed by atoms with Gasteiger partial charge in [0.05, 0.1) is 11.7 Å². The molecule has 1 rings (SSSR count). The first-order chi connectivity index (χ1) is 6.16. The van der Waals surface area contributed by atoms with Crippen molar-refractivity contribution in [3.05, 3.63) is 35.4 Å². The van der Waals surface area contributed by atoms with Crippen LogP contribution in [0.1, 0.15) is 28.9 Å². The normalized spacial score (nSPS) is 12.2. The number of benzene rings is 1. The molecule has 3 N–H and O–H groups in total. The highest BCUT2D eigenvalue weighted by Gasteiger charge is 2.14. The van der Waals surface area contributed by atoms with Gasteiger partial charge in [0.1, 0.15) is 0 Å². The monoisotopic (exact) mass is 181 g/mol. The Balaban J connectivity index is 3.12. The molecule has 1 aromatic carbocycles. The standard InChI is InChI=1S/C9H11NO3/c1-6(11)7-4-2-3-5-8(7)9(12)13-10/h2-6,11H,10H2,1H3. The molecule has 1 atom stereocenters. The highest BCUT2D eigenvalue weighted by Crippen LogP contribution is 2.17. The molecule has 13 heavy (non-hydrogen) atoms. The van der Waals surface area contributed by atoms with Gasteiger partial charge < -0.3 is 9.94 Å². The van der Waals surface area contributed by atoms with E-state index in [-0.39, 0.29) is 0 Å². The Morgan fingerprint density at radius 3 is 2.69 bits per heavy atom. The van der Waals surface area contributed by atoms with Crippen LogP contribution in [-0.4, -0.2) is 11.1 Å². The summed E-state index contributed by atoms with van der Waals surface area (Å²) < 4.78 is 0. The maximum atomic E-state index is 11.1. The molecule has 0 spiro atoms. The third-order valence-electron chi connectivity index (χ3n) is 1.74. The molecule has 0 amide bonds. The van der Waals surface area contributed by atoms with Crippen molar-refractivity contribution >= 4 is 5.97 Å². The van der Waals surface area contributed by atoms with Gasteiger partial charge in [-0.3, -0.25) is 0 Å². The topological polar surface area (TPSA) is 72.5 Å². The molecule has 0 fully saturated rings. The molecule has 70 valence electrons. The number of rotatable bonds is 2. The smallest absolute Gasteiger partial charge is 0.356 e. The molecule has 0 radical (unpaired) electrons. The molecule has 4 heteroatoms. The van der Waals surface area contributed by atoms with Crippen molar-refractivity contribution in [2.75, 3.05) is 0 Å². The van der Waals surface area contributed by atoms with Gasteiger partial charge in [-0.05, 0) is 18.6 Å². The molecule has 1 unspecified atom stereocenters. The van der Waals surface area contributed by atoms with Crippen molar-refractivity contribution in [2.24, 2.45) is 5.90 Å². The molecule has 0 saturated heterocycles. The Labute approximate surface area is 75.9 Å². The summed E-state index contributed by atoms with van der Waals surface area (Å²) >= 11 is 0. The Hall–Kier alpha value is -1.39. The summed E-state index contributed by atoms with van der Waals surface area (Å²) in [6.07, 6.45) is -0.713. The van der Waals surface area contributed by atoms with Crippen LogP contribution in [0.4, 0.5) is 0 Å². The Morgan fingerprint density at radius 1 is 1.54 bits per heavy atom. The summed E-state index contributed by atoms with van der Waals surface area (Å²) in [6, 6.07) is 6.61. The van der Waals surface area contributed by atoms with E-state index in [2.05, 4.69) is 4.84 Å². The van der Waals surface area contributed by atoms with E-state index >= 15 is 0 Å². The molecule has 4 nitrogen and oxygen atoms in total. The molecular weight excluding hydrogens is 170 g/mol. The zero-order valence-electron chi connectivity index (χ0n) is 7.23. The second-order valence-electron chi connectivity index (χ2n) is 2.67. The van der Waals surface area contributed by atoms with Gasteiger partial charge in [-0.2, -0.15) is 5.90 Å². The molecule has 0 saturated carbocycles. The van der Waals surface area contributed by atoms with E-state index in [1.165, 1.54) is 0 Å². The zero-order valence-corrected chi connectivity index (χ0v) is 7.23. The van der Waals surface area contributed by atoms with Crippen LogP contribution >= 0.6 is 0 Å². The van der Waals surface area contributed by atoms with Crippen LogP contribution in [0.2, 0.25) is 0 Å². The highest BCUT2D eigenvalue weighted by molar-refractivity contribution is 5.90. The van der Waals surface area contributed by atoms with E-state index in [1.807, 2.05) is 0 Å². The number of carbonyl (C=O) groups excluding carboxylic acids is 1. The molecule has 0 aromatic heterocycles. The number of carbonyl (C=O) groups is 1. The molecule has 0 aliphatic carbocycles. The van der Waals surface area contributed by atoms with E-state index in [1.54, 1.807) is 31.2 Å². The lowest BCUT2D eigenvalue weighted by Gasteiger charge is -2.08. The van der Waals surface area contributed by atoms with Gasteiger partial charge >= 0.3 is 5.97 Å². The first-order valence-electron chi connectivity index (χ1n) is 3.85. The van der Waals surface area contributed by atoms with Gasteiger partial charge in [0, 0.05) is 0 Å². The Bertz CT molecular complexity index is 309. The quantitative estimate of drug-likeness (QED) is 0.661. The van der Waals surface area contributed by atoms with Crippen molar-refractivity contribution in [2.45, 2.75) is 13.0 Å². The van der Waals surface area contributed by atoms with Crippen LogP contribution in [-0.2, 0) is 4.84 Å². The maximum Gasteiger partial charge on any atom is 0.356 e. The second kappa shape index (κ2) is 4.02. The number of hydrogen-bond acceptors (Lipinski definition) is 4. The molecule has 0 bridgehead atoms. The summed E-state index contributed by atoms with van der Waals surface area (Å²) in [5, 5.41) is 9.30. The summed E-state index contributed by atoms with van der Waals surface area (Å²) in [4.78, 5) is 15.2. The van der Waals surface area contributed by atoms with Crippen LogP contribution in [0.3, 0.4) is 0 Å². The summed E-state index contributed by atoms with van der Waals surface area (Å²) in [6.45, 7) is 1.57. The minimum Gasteiger partial charge on any atom is -0.389 e. The largest absolute Gasteiger partial charge is 0.389 e. The summed E-state index contributed by atoms with van der Waals surface area (Å²) in [7, 11) is 0. The lowest BCUT2D eigenvalue weighted by Crippen LogP contribution is -2.13. The highest BCUT2D eigenvalue weighted by atomic mass is 16.7. The van der Waals surface area contributed by atoms with Crippen molar-refractivity contribution in [1.82, 2.24) is 0 Å². The van der Waals surface area contributed by atoms with Gasteiger partial charge in [-0.1, -0.05) is 18.2 Å². The van der Waals surface area contributed by atoms with Crippen molar-refractivity contribution in [3.8, 4) is 0 Å². The van der Waals surface area contributed by atoms with Crippen LogP contribution in [0.15, 0.2) is 24.3 Å². The number of aliphatic hydroxyl groups is 1. The molecule has 0 aliphatic rings. The van der Waals surface area contributed by atoms with Gasteiger partial charge in [0.2, 0.25) is 0 Å². The summed E-state index contributed by atoms with van der Waals surface area (Å²) in [5.41, 5.74) is 0.804. The summed E-state index contributed by atoms with van der Waals surface area (Å²) in [5.74, 6) is 4.10. The van der Waals surface area contributed by atoms with E-state index in [4.69, 9.17) is 5.90 Å².